The predicted molar refractivity (Wildman–Crippen MR) is 148 cm³/mol. The number of hydrogen-bond donors (Lipinski definition) is 3. The molecule has 2 atom stereocenters. The van der Waals surface area contributed by atoms with E-state index in [-0.39, 0.29) is 19.1 Å². The molecule has 1 heterocycles. The Balaban J connectivity index is 1.63. The van der Waals surface area contributed by atoms with Crippen LogP contribution in [-0.4, -0.2) is 74.0 Å². The highest BCUT2D eigenvalue weighted by molar-refractivity contribution is 6.09. The van der Waals surface area contributed by atoms with Crippen LogP contribution in [0.1, 0.15) is 12.0 Å². The van der Waals surface area contributed by atoms with Gasteiger partial charge in [-0.3, -0.25) is 24.1 Å². The minimum atomic E-state index is -1.25. The molecule has 0 saturated carbocycles. The van der Waals surface area contributed by atoms with Crippen LogP contribution in [0.3, 0.4) is 0 Å². The quantitative estimate of drug-likeness (QED) is 0.307. The van der Waals surface area contributed by atoms with Crippen molar-refractivity contribution in [1.82, 2.24) is 10.6 Å². The summed E-state index contributed by atoms with van der Waals surface area (Å²) in [4.78, 5) is 64.9. The Labute approximate surface area is 230 Å². The van der Waals surface area contributed by atoms with E-state index in [1.807, 2.05) is 42.5 Å². The first-order valence-corrected chi connectivity index (χ1v) is 12.7. The molecule has 3 aromatic rings. The molecule has 0 saturated heterocycles. The lowest BCUT2D eigenvalue weighted by Gasteiger charge is -2.25. The van der Waals surface area contributed by atoms with Crippen molar-refractivity contribution in [1.29, 1.82) is 0 Å². The minimum absolute atomic E-state index is 0.0142. The van der Waals surface area contributed by atoms with Crippen LogP contribution in [0.2, 0.25) is 0 Å². The van der Waals surface area contributed by atoms with Gasteiger partial charge in [-0.15, -0.1) is 0 Å². The first kappa shape index (κ1) is 28.4. The number of ether oxygens (including phenoxy) is 1. The number of carbonyl (C=O) groups is 5. The van der Waals surface area contributed by atoms with E-state index in [1.165, 1.54) is 16.9 Å². The van der Waals surface area contributed by atoms with Crippen LogP contribution < -0.4 is 20.4 Å². The van der Waals surface area contributed by atoms with Gasteiger partial charge in [0.2, 0.25) is 11.8 Å². The molecule has 4 rings (SSSR count). The Morgan fingerprint density at radius 1 is 1.05 bits per heavy atom. The summed E-state index contributed by atoms with van der Waals surface area (Å²) in [6, 6.07) is 18.4. The number of methoxy groups -OCH3 is 1. The second kappa shape index (κ2) is 13.0. The molecule has 0 fully saturated rings. The molecule has 0 bridgehead atoms. The fraction of sp³-hybridized carbons (Fsp3) is 0.276. The summed E-state index contributed by atoms with van der Waals surface area (Å²) >= 11 is 0. The van der Waals surface area contributed by atoms with Gasteiger partial charge in [-0.05, 0) is 34.5 Å². The van der Waals surface area contributed by atoms with Gasteiger partial charge in [0.05, 0.1) is 30.4 Å². The highest BCUT2D eigenvalue weighted by Crippen LogP contribution is 2.33. The van der Waals surface area contributed by atoms with Gasteiger partial charge in [-0.25, -0.2) is 0 Å². The third-order valence-corrected chi connectivity index (χ3v) is 6.53. The van der Waals surface area contributed by atoms with Gasteiger partial charge in [0, 0.05) is 13.7 Å². The van der Waals surface area contributed by atoms with Gasteiger partial charge in [-0.2, -0.15) is 0 Å². The standard InChI is InChI=1S/C29H30N4O7/c1-40-18-27(36)32-15-23(30-14-19-10-11-20-6-2-3-7-21(20)12-19)29(39)33(25-9-5-4-8-24(25)32)16-26(35)31-22(17-34)13-28(37)38/h2-12,17,22-23,30H,13-16,18H2,1H3,(H,31,35)(H,37,38)/t22-,23-/m0/s1. The molecule has 208 valence electrons. The molecule has 3 aromatic carbocycles. The summed E-state index contributed by atoms with van der Waals surface area (Å²) in [6.45, 7) is -0.396. The van der Waals surface area contributed by atoms with Crippen LogP contribution in [0.5, 0.6) is 0 Å². The van der Waals surface area contributed by atoms with Crippen molar-refractivity contribution >= 4 is 52.1 Å². The Hall–Kier alpha value is -4.61. The zero-order chi connectivity index (χ0) is 28.6. The van der Waals surface area contributed by atoms with E-state index >= 15 is 0 Å². The number of amides is 3. The molecule has 0 unspecified atom stereocenters. The number of carboxylic acid groups (broad SMARTS) is 1. The Morgan fingerprint density at radius 2 is 1.75 bits per heavy atom. The van der Waals surface area contributed by atoms with E-state index in [4.69, 9.17) is 9.84 Å². The topological polar surface area (TPSA) is 145 Å². The SMILES string of the molecule is COCC(=O)N1C[C@H](NCc2ccc3ccccc3c2)C(=O)N(CC(=O)N[C@H](C=O)CC(=O)O)c2ccccc21. The fourth-order valence-electron chi connectivity index (χ4n) is 4.65. The molecule has 40 heavy (non-hydrogen) atoms. The number of nitrogens with one attached hydrogen (secondary N) is 2. The maximum absolute atomic E-state index is 13.9. The summed E-state index contributed by atoms with van der Waals surface area (Å²) in [5, 5.41) is 16.7. The number of para-hydroxylation sites is 2. The van der Waals surface area contributed by atoms with Gasteiger partial charge < -0.3 is 30.2 Å². The third-order valence-electron chi connectivity index (χ3n) is 6.53. The molecular formula is C29H30N4O7. The molecule has 1 aliphatic rings. The second-order valence-electron chi connectivity index (χ2n) is 9.37. The zero-order valence-corrected chi connectivity index (χ0v) is 21.9. The van der Waals surface area contributed by atoms with Crippen molar-refractivity contribution in [2.24, 2.45) is 0 Å². The molecule has 0 radical (unpaired) electrons. The van der Waals surface area contributed by atoms with Gasteiger partial charge >= 0.3 is 5.97 Å². The third kappa shape index (κ3) is 6.68. The van der Waals surface area contributed by atoms with Gasteiger partial charge in [0.15, 0.2) is 0 Å². The number of nitrogens with zero attached hydrogens (tertiary/aromatic N) is 2. The summed E-state index contributed by atoms with van der Waals surface area (Å²) < 4.78 is 5.07. The number of hydrogen-bond acceptors (Lipinski definition) is 7. The number of aldehydes is 1. The van der Waals surface area contributed by atoms with Crippen molar-refractivity contribution < 1.29 is 33.8 Å². The molecule has 0 aromatic heterocycles. The van der Waals surface area contributed by atoms with Crippen LogP contribution in [0.15, 0.2) is 66.7 Å². The number of rotatable bonds is 11. The van der Waals surface area contributed by atoms with Crippen LogP contribution in [-0.2, 0) is 35.3 Å². The van der Waals surface area contributed by atoms with E-state index in [2.05, 4.69) is 10.6 Å². The van der Waals surface area contributed by atoms with Crippen LogP contribution in [0.25, 0.3) is 10.8 Å². The van der Waals surface area contributed by atoms with Crippen molar-refractivity contribution in [3.05, 3.63) is 72.3 Å². The van der Waals surface area contributed by atoms with Crippen molar-refractivity contribution in [2.75, 3.05) is 36.6 Å². The number of aliphatic carboxylic acids is 1. The normalized spacial score (nSPS) is 15.7. The number of benzene rings is 3. The average Bonchev–Trinajstić information content (AvgIpc) is 3.06. The summed E-state index contributed by atoms with van der Waals surface area (Å²) in [6.07, 6.45) is -0.252. The Morgan fingerprint density at radius 3 is 2.45 bits per heavy atom. The predicted octanol–water partition coefficient (Wildman–Crippen LogP) is 1.48. The molecule has 0 aliphatic carbocycles. The molecule has 0 spiro atoms. The molecular weight excluding hydrogens is 516 g/mol. The van der Waals surface area contributed by atoms with Crippen LogP contribution in [0, 0.1) is 0 Å². The Kier molecular flexibility index (Phi) is 9.20. The van der Waals surface area contributed by atoms with Crippen molar-refractivity contribution in [3.63, 3.8) is 0 Å². The highest BCUT2D eigenvalue weighted by Gasteiger charge is 2.36. The molecule has 3 N–H and O–H groups in total. The monoisotopic (exact) mass is 546 g/mol. The first-order chi connectivity index (χ1) is 19.3. The van der Waals surface area contributed by atoms with E-state index < -0.39 is 42.8 Å². The van der Waals surface area contributed by atoms with Gasteiger partial charge in [0.1, 0.15) is 25.5 Å². The van der Waals surface area contributed by atoms with Gasteiger partial charge in [0.25, 0.3) is 5.91 Å². The first-order valence-electron chi connectivity index (χ1n) is 12.7. The molecule has 11 nitrogen and oxygen atoms in total. The number of carbonyl (C=O) groups excluding carboxylic acids is 4. The van der Waals surface area contributed by atoms with Gasteiger partial charge in [-0.1, -0.05) is 48.5 Å². The Bertz CT molecular complexity index is 1430. The van der Waals surface area contributed by atoms with Crippen LogP contribution in [0.4, 0.5) is 11.4 Å². The zero-order valence-electron chi connectivity index (χ0n) is 21.9. The van der Waals surface area contributed by atoms with E-state index in [9.17, 15) is 24.0 Å². The molecule has 11 heteroatoms. The molecule has 3 amide bonds. The second-order valence-corrected chi connectivity index (χ2v) is 9.37. The smallest absolute Gasteiger partial charge is 0.305 e. The van der Waals surface area contributed by atoms with Crippen molar-refractivity contribution in [3.8, 4) is 0 Å². The average molecular weight is 547 g/mol. The number of fused-ring (bicyclic) bond motifs is 2. The lowest BCUT2D eigenvalue weighted by Crippen LogP contribution is -2.53. The van der Waals surface area contributed by atoms with E-state index in [0.717, 1.165) is 16.3 Å². The highest BCUT2D eigenvalue weighted by atomic mass is 16.5. The summed E-state index contributed by atoms with van der Waals surface area (Å²) in [5.41, 5.74) is 1.66. The van der Waals surface area contributed by atoms with E-state index in [0.29, 0.717) is 24.2 Å². The number of anilines is 2. The lowest BCUT2D eigenvalue weighted by atomic mass is 10.1. The van der Waals surface area contributed by atoms with E-state index in [1.54, 1.807) is 24.3 Å². The maximum atomic E-state index is 13.9. The van der Waals surface area contributed by atoms with Crippen LogP contribution >= 0.6 is 0 Å². The minimum Gasteiger partial charge on any atom is -0.481 e. The van der Waals surface area contributed by atoms with Crippen molar-refractivity contribution in [2.45, 2.75) is 25.0 Å². The molecule has 1 aliphatic heterocycles. The summed E-state index contributed by atoms with van der Waals surface area (Å²) in [5.74, 6) is -2.80. The fourth-order valence-corrected chi connectivity index (χ4v) is 4.65. The summed E-state index contributed by atoms with van der Waals surface area (Å²) in [7, 11) is 1.40. The maximum Gasteiger partial charge on any atom is 0.305 e. The largest absolute Gasteiger partial charge is 0.481 e. The lowest BCUT2D eigenvalue weighted by molar-refractivity contribution is -0.139. The number of carboxylic acids is 1.